The Balaban J connectivity index is 1.76. The summed E-state index contributed by atoms with van der Waals surface area (Å²) in [6.07, 6.45) is 2.78. The number of hydrogen-bond donors (Lipinski definition) is 3. The zero-order valence-corrected chi connectivity index (χ0v) is 16.8. The molecule has 2 aromatic rings. The molecule has 9 heteroatoms. The van der Waals surface area contributed by atoms with Crippen molar-refractivity contribution in [3.8, 4) is 0 Å². The van der Waals surface area contributed by atoms with Crippen molar-refractivity contribution in [2.45, 2.75) is 19.3 Å². The Labute approximate surface area is 167 Å². The number of carbonyl (C=O) groups excluding carboxylic acids is 2. The second-order valence-electron chi connectivity index (χ2n) is 5.46. The van der Waals surface area contributed by atoms with Crippen LogP contribution in [0.2, 0.25) is 5.02 Å². The van der Waals surface area contributed by atoms with E-state index < -0.39 is 11.8 Å². The number of halogens is 2. The van der Waals surface area contributed by atoms with Crippen molar-refractivity contribution >= 4 is 73.0 Å². The lowest BCUT2D eigenvalue weighted by Crippen LogP contribution is -2.34. The lowest BCUT2D eigenvalue weighted by Gasteiger charge is -2.11. The van der Waals surface area contributed by atoms with E-state index in [9.17, 15) is 9.59 Å². The Hall–Kier alpha value is -1.48. The minimum Gasteiger partial charge on any atom is -0.365 e. The lowest BCUT2D eigenvalue weighted by atomic mass is 10.1. The highest BCUT2D eigenvalue weighted by atomic mass is 79.9. The molecule has 0 atom stereocenters. The van der Waals surface area contributed by atoms with Gasteiger partial charge in [0.05, 0.1) is 16.1 Å². The molecule has 130 valence electrons. The number of fused-ring (bicyclic) bond motifs is 1. The monoisotopic (exact) mass is 457 g/mol. The van der Waals surface area contributed by atoms with Gasteiger partial charge in [-0.2, -0.15) is 0 Å². The first-order chi connectivity index (χ1) is 11.9. The molecule has 1 aliphatic carbocycles. The number of hydrogen-bond acceptors (Lipinski definition) is 4. The van der Waals surface area contributed by atoms with Crippen molar-refractivity contribution in [3.05, 3.63) is 49.3 Å². The molecule has 1 aliphatic rings. The minimum atomic E-state index is -0.494. The van der Waals surface area contributed by atoms with E-state index in [1.54, 1.807) is 18.2 Å². The number of primary amides is 1. The van der Waals surface area contributed by atoms with Crippen LogP contribution in [0.3, 0.4) is 0 Å². The van der Waals surface area contributed by atoms with Gasteiger partial charge in [-0.3, -0.25) is 14.9 Å². The molecule has 0 saturated carbocycles. The maximum atomic E-state index is 12.3. The van der Waals surface area contributed by atoms with E-state index in [0.717, 1.165) is 34.2 Å². The fourth-order valence-electron chi connectivity index (χ4n) is 2.73. The summed E-state index contributed by atoms with van der Waals surface area (Å²) in [7, 11) is 0. The molecule has 0 radical (unpaired) electrons. The van der Waals surface area contributed by atoms with Crippen LogP contribution in [0.1, 0.15) is 37.6 Å². The van der Waals surface area contributed by atoms with E-state index in [1.807, 2.05) is 0 Å². The van der Waals surface area contributed by atoms with Gasteiger partial charge < -0.3 is 11.1 Å². The van der Waals surface area contributed by atoms with Gasteiger partial charge in [-0.25, -0.2) is 0 Å². The summed E-state index contributed by atoms with van der Waals surface area (Å²) in [6.45, 7) is 0. The number of benzene rings is 1. The molecule has 0 bridgehead atoms. The van der Waals surface area contributed by atoms with E-state index in [-0.39, 0.29) is 5.11 Å². The molecule has 0 unspecified atom stereocenters. The Kier molecular flexibility index (Phi) is 5.43. The van der Waals surface area contributed by atoms with Crippen LogP contribution >= 0.6 is 51.1 Å². The van der Waals surface area contributed by atoms with Crippen LogP contribution in [-0.4, -0.2) is 16.9 Å². The molecule has 2 amide bonds. The first-order valence-corrected chi connectivity index (χ1v) is 9.78. The fraction of sp³-hybridized carbons (Fsp3) is 0.188. The average molecular weight is 459 g/mol. The van der Waals surface area contributed by atoms with Gasteiger partial charge in [-0.15, -0.1) is 11.3 Å². The van der Waals surface area contributed by atoms with Crippen LogP contribution in [0.4, 0.5) is 5.00 Å². The Morgan fingerprint density at radius 3 is 2.80 bits per heavy atom. The largest absolute Gasteiger partial charge is 0.365 e. The van der Waals surface area contributed by atoms with Crippen molar-refractivity contribution in [1.29, 1.82) is 0 Å². The highest BCUT2D eigenvalue weighted by molar-refractivity contribution is 9.10. The number of anilines is 1. The second kappa shape index (κ2) is 7.41. The van der Waals surface area contributed by atoms with E-state index in [1.165, 1.54) is 11.3 Å². The fourth-order valence-corrected chi connectivity index (χ4v) is 4.85. The van der Waals surface area contributed by atoms with E-state index in [2.05, 4.69) is 26.6 Å². The first-order valence-electron chi connectivity index (χ1n) is 7.38. The number of thiocarbonyl (C=S) groups is 1. The van der Waals surface area contributed by atoms with Crippen molar-refractivity contribution in [2.75, 3.05) is 5.32 Å². The molecule has 0 aliphatic heterocycles. The van der Waals surface area contributed by atoms with Crippen molar-refractivity contribution in [1.82, 2.24) is 5.32 Å². The summed E-state index contributed by atoms with van der Waals surface area (Å²) in [6, 6.07) is 4.96. The highest BCUT2D eigenvalue weighted by Crippen LogP contribution is 2.38. The molecule has 25 heavy (non-hydrogen) atoms. The van der Waals surface area contributed by atoms with Crippen LogP contribution < -0.4 is 16.4 Å². The Morgan fingerprint density at radius 2 is 2.08 bits per heavy atom. The summed E-state index contributed by atoms with van der Waals surface area (Å²) in [5.74, 6) is -0.931. The van der Waals surface area contributed by atoms with Gasteiger partial charge >= 0.3 is 0 Å². The molecular formula is C16H13BrClN3O2S2. The zero-order chi connectivity index (χ0) is 18.1. The molecule has 1 heterocycles. The summed E-state index contributed by atoms with van der Waals surface area (Å²) in [5.41, 5.74) is 7.26. The molecule has 3 rings (SSSR count). The number of nitrogens with one attached hydrogen (secondary N) is 2. The molecule has 0 saturated heterocycles. The molecule has 0 fully saturated rings. The number of amides is 2. The van der Waals surface area contributed by atoms with Crippen LogP contribution in [-0.2, 0) is 12.8 Å². The zero-order valence-electron chi connectivity index (χ0n) is 12.8. The van der Waals surface area contributed by atoms with Gasteiger partial charge in [0.25, 0.3) is 11.8 Å². The van der Waals surface area contributed by atoms with Crippen LogP contribution in [0.15, 0.2) is 22.7 Å². The molecule has 1 aromatic heterocycles. The second-order valence-corrected chi connectivity index (χ2v) is 8.29. The lowest BCUT2D eigenvalue weighted by molar-refractivity contribution is 0.0975. The van der Waals surface area contributed by atoms with Crippen molar-refractivity contribution in [2.24, 2.45) is 5.73 Å². The summed E-state index contributed by atoms with van der Waals surface area (Å²) >= 11 is 16.0. The summed E-state index contributed by atoms with van der Waals surface area (Å²) in [5, 5.41) is 6.47. The molecular weight excluding hydrogens is 446 g/mol. The number of nitrogens with two attached hydrogens (primary N) is 1. The predicted molar refractivity (Wildman–Crippen MR) is 108 cm³/mol. The smallest absolute Gasteiger partial charge is 0.258 e. The topological polar surface area (TPSA) is 84.2 Å². The average Bonchev–Trinajstić information content (AvgIpc) is 3.09. The highest BCUT2D eigenvalue weighted by Gasteiger charge is 2.26. The molecule has 1 aromatic carbocycles. The molecule has 4 N–H and O–H groups in total. The van der Waals surface area contributed by atoms with E-state index >= 15 is 0 Å². The number of aryl methyl sites for hydroxylation is 1. The standard InChI is InChI=1S/C16H13BrClN3O2S2/c17-7-4-5-10(18)9(6-7)14(23)20-16(24)21-15-12(13(19)22)8-2-1-3-11(8)25-15/h4-6H,1-3H2,(H2,19,22)(H2,20,21,23,24). The maximum absolute atomic E-state index is 12.3. The quantitative estimate of drug-likeness (QED) is 0.610. The van der Waals surface area contributed by atoms with Gasteiger partial charge in [0.2, 0.25) is 0 Å². The SMILES string of the molecule is NC(=O)c1c(NC(=S)NC(=O)c2cc(Br)ccc2Cl)sc2c1CCC2. The Morgan fingerprint density at radius 1 is 1.32 bits per heavy atom. The Bertz CT molecular complexity index is 898. The van der Waals surface area contributed by atoms with Crippen molar-refractivity contribution in [3.63, 3.8) is 0 Å². The third kappa shape index (κ3) is 3.87. The summed E-state index contributed by atoms with van der Waals surface area (Å²) in [4.78, 5) is 25.3. The third-order valence-electron chi connectivity index (χ3n) is 3.79. The van der Waals surface area contributed by atoms with Gasteiger partial charge in [0, 0.05) is 9.35 Å². The van der Waals surface area contributed by atoms with Gasteiger partial charge in [-0.05, 0) is 55.2 Å². The predicted octanol–water partition coefficient (Wildman–Crippen LogP) is 3.88. The maximum Gasteiger partial charge on any atom is 0.258 e. The number of thiophene rings is 1. The van der Waals surface area contributed by atoms with Crippen LogP contribution in [0.5, 0.6) is 0 Å². The van der Waals surface area contributed by atoms with Crippen molar-refractivity contribution < 1.29 is 9.59 Å². The number of carbonyl (C=O) groups is 2. The van der Waals surface area contributed by atoms with Gasteiger partial charge in [0.15, 0.2) is 5.11 Å². The van der Waals surface area contributed by atoms with Crippen LogP contribution in [0.25, 0.3) is 0 Å². The summed E-state index contributed by atoms with van der Waals surface area (Å²) < 4.78 is 0.728. The minimum absolute atomic E-state index is 0.0865. The molecule has 5 nitrogen and oxygen atoms in total. The first kappa shape index (κ1) is 18.3. The van der Waals surface area contributed by atoms with Gasteiger partial charge in [0.1, 0.15) is 5.00 Å². The third-order valence-corrected chi connectivity index (χ3v) is 6.03. The molecule has 0 spiro atoms. The van der Waals surface area contributed by atoms with E-state index in [4.69, 9.17) is 29.6 Å². The normalized spacial score (nSPS) is 12.6. The van der Waals surface area contributed by atoms with Crippen LogP contribution in [0, 0.1) is 0 Å². The number of rotatable bonds is 3. The van der Waals surface area contributed by atoms with E-state index in [0.29, 0.717) is 21.2 Å². The van der Waals surface area contributed by atoms with Gasteiger partial charge in [-0.1, -0.05) is 27.5 Å².